The molecule has 2 radical (unpaired) electrons. The van der Waals surface area contributed by atoms with Crippen LogP contribution in [0.2, 0.25) is 0 Å². The number of alkyl halides is 3. The first-order chi connectivity index (χ1) is 9.88. The minimum Gasteiger partial charge on any atom is -0.368 e. The summed E-state index contributed by atoms with van der Waals surface area (Å²) in [5.74, 6) is 0.226. The van der Waals surface area contributed by atoms with Crippen LogP contribution >= 0.6 is 0 Å². The maximum atomic E-state index is 13.1. The van der Waals surface area contributed by atoms with Crippen molar-refractivity contribution in [3.63, 3.8) is 0 Å². The van der Waals surface area contributed by atoms with E-state index in [1.54, 1.807) is 9.71 Å². The van der Waals surface area contributed by atoms with E-state index in [-0.39, 0.29) is 17.6 Å². The highest BCUT2D eigenvalue weighted by Gasteiger charge is 2.43. The first-order valence-corrected chi connectivity index (χ1v) is 6.79. The number of aromatic nitrogens is 2. The standard InChI is InChI=1S/C12H14BF3N4O/c13-20-3-1-2-7-5-19(6-9(7)20)8-4-17-18-11(21)10(8)12(14,15)16/h4,7,9H,1-3,5-6H2,(H,18,21). The summed E-state index contributed by atoms with van der Waals surface area (Å²) in [4.78, 5) is 14.8. The van der Waals surface area contributed by atoms with Gasteiger partial charge < -0.3 is 9.71 Å². The molecule has 2 fully saturated rings. The normalized spacial score (nSPS) is 26.9. The second-order valence-corrected chi connectivity index (χ2v) is 5.57. The number of hydrogen-bond acceptors (Lipinski definition) is 4. The van der Waals surface area contributed by atoms with E-state index < -0.39 is 17.3 Å². The molecular formula is C12H14BF3N4O. The van der Waals surface area contributed by atoms with Crippen LogP contribution in [0.5, 0.6) is 0 Å². The Balaban J connectivity index is 1.96. The Morgan fingerprint density at radius 2 is 2.14 bits per heavy atom. The minimum atomic E-state index is -4.71. The van der Waals surface area contributed by atoms with E-state index in [1.165, 1.54) is 0 Å². The summed E-state index contributed by atoms with van der Waals surface area (Å²) >= 11 is 0. The number of hydrogen-bond donors (Lipinski definition) is 1. The van der Waals surface area contributed by atoms with E-state index in [0.717, 1.165) is 25.6 Å². The van der Waals surface area contributed by atoms with Gasteiger partial charge in [0, 0.05) is 19.1 Å². The summed E-state index contributed by atoms with van der Waals surface area (Å²) in [5, 5.41) is 5.37. The minimum absolute atomic E-state index is 0.0270. The highest BCUT2D eigenvalue weighted by molar-refractivity contribution is 6.04. The molecule has 0 saturated carbocycles. The topological polar surface area (TPSA) is 52.2 Å². The Labute approximate surface area is 120 Å². The molecule has 2 aliphatic rings. The predicted octanol–water partition coefficient (Wildman–Crippen LogP) is 0.773. The van der Waals surface area contributed by atoms with Gasteiger partial charge in [-0.2, -0.15) is 18.3 Å². The Hall–Kier alpha value is -1.51. The SMILES string of the molecule is [B]N1CCCC2CN(c3cn[nH]c(=O)c3C(F)(F)F)CC21. The van der Waals surface area contributed by atoms with Crippen molar-refractivity contribution in [3.8, 4) is 0 Å². The van der Waals surface area contributed by atoms with Crippen molar-refractivity contribution in [1.29, 1.82) is 0 Å². The maximum Gasteiger partial charge on any atom is 0.423 e. The van der Waals surface area contributed by atoms with Crippen LogP contribution in [0.4, 0.5) is 18.9 Å². The number of piperidine rings is 1. The lowest BCUT2D eigenvalue weighted by molar-refractivity contribution is -0.138. The Morgan fingerprint density at radius 3 is 2.81 bits per heavy atom. The second kappa shape index (κ2) is 5.05. The quantitative estimate of drug-likeness (QED) is 0.778. The van der Waals surface area contributed by atoms with Gasteiger partial charge in [0.2, 0.25) is 0 Å². The fourth-order valence-electron chi connectivity index (χ4n) is 3.31. The van der Waals surface area contributed by atoms with Gasteiger partial charge in [-0.05, 0) is 25.3 Å². The Bertz CT molecular complexity index is 591. The number of nitrogens with one attached hydrogen (secondary N) is 1. The van der Waals surface area contributed by atoms with Crippen LogP contribution in [-0.2, 0) is 6.18 Å². The molecule has 0 aliphatic carbocycles. The van der Waals surface area contributed by atoms with Crippen LogP contribution in [-0.4, -0.2) is 48.7 Å². The number of halogens is 3. The number of rotatable bonds is 1. The lowest BCUT2D eigenvalue weighted by Crippen LogP contribution is -2.43. The van der Waals surface area contributed by atoms with Crippen molar-refractivity contribution in [1.82, 2.24) is 15.0 Å². The van der Waals surface area contributed by atoms with Crippen LogP contribution in [0, 0.1) is 5.92 Å². The average Bonchev–Trinajstić information content (AvgIpc) is 2.82. The largest absolute Gasteiger partial charge is 0.423 e. The fourth-order valence-corrected chi connectivity index (χ4v) is 3.31. The van der Waals surface area contributed by atoms with E-state index in [0.29, 0.717) is 13.1 Å². The molecule has 0 amide bonds. The summed E-state index contributed by atoms with van der Waals surface area (Å²) in [6, 6.07) is 0.0270. The van der Waals surface area contributed by atoms with E-state index in [1.807, 2.05) is 5.10 Å². The molecule has 3 rings (SSSR count). The number of nitrogens with zero attached hydrogens (tertiary/aromatic N) is 3. The zero-order chi connectivity index (χ0) is 15.2. The predicted molar refractivity (Wildman–Crippen MR) is 71.0 cm³/mol. The highest BCUT2D eigenvalue weighted by Crippen LogP contribution is 2.37. The molecule has 3 heterocycles. The van der Waals surface area contributed by atoms with Gasteiger partial charge in [0.1, 0.15) is 5.56 Å². The smallest absolute Gasteiger partial charge is 0.368 e. The molecule has 2 unspecified atom stereocenters. The van der Waals surface area contributed by atoms with Crippen molar-refractivity contribution in [2.45, 2.75) is 25.1 Å². The molecule has 1 N–H and O–H groups in total. The van der Waals surface area contributed by atoms with E-state index in [4.69, 9.17) is 7.98 Å². The molecular weight excluding hydrogens is 284 g/mol. The zero-order valence-electron chi connectivity index (χ0n) is 11.2. The first-order valence-electron chi connectivity index (χ1n) is 6.79. The van der Waals surface area contributed by atoms with Gasteiger partial charge in [0.05, 0.1) is 11.9 Å². The Kier molecular flexibility index (Phi) is 3.47. The lowest BCUT2D eigenvalue weighted by atomic mass is 9.90. The van der Waals surface area contributed by atoms with Crippen LogP contribution in [0.15, 0.2) is 11.0 Å². The molecule has 2 atom stereocenters. The van der Waals surface area contributed by atoms with Gasteiger partial charge in [-0.25, -0.2) is 5.10 Å². The summed E-state index contributed by atoms with van der Waals surface area (Å²) in [6.45, 7) is 1.59. The van der Waals surface area contributed by atoms with E-state index in [2.05, 4.69) is 5.10 Å². The van der Waals surface area contributed by atoms with Crippen molar-refractivity contribution >= 4 is 13.7 Å². The summed E-state index contributed by atoms with van der Waals surface area (Å²) < 4.78 is 39.3. The van der Waals surface area contributed by atoms with Gasteiger partial charge in [-0.1, -0.05) is 0 Å². The zero-order valence-corrected chi connectivity index (χ0v) is 11.2. The summed E-state index contributed by atoms with van der Waals surface area (Å²) in [5.41, 5.74) is -2.55. The van der Waals surface area contributed by atoms with Crippen molar-refractivity contribution in [2.75, 3.05) is 24.5 Å². The van der Waals surface area contributed by atoms with Crippen LogP contribution < -0.4 is 10.5 Å². The third-order valence-electron chi connectivity index (χ3n) is 4.28. The lowest BCUT2D eigenvalue weighted by Gasteiger charge is -2.34. The fraction of sp³-hybridized carbons (Fsp3) is 0.667. The second-order valence-electron chi connectivity index (χ2n) is 5.57. The first kappa shape index (κ1) is 14.4. The molecule has 0 aromatic carbocycles. The van der Waals surface area contributed by atoms with Crippen LogP contribution in [0.3, 0.4) is 0 Å². The molecule has 2 saturated heterocycles. The van der Waals surface area contributed by atoms with E-state index >= 15 is 0 Å². The van der Waals surface area contributed by atoms with Gasteiger partial charge in [0.15, 0.2) is 7.98 Å². The van der Waals surface area contributed by atoms with Crippen molar-refractivity contribution in [2.24, 2.45) is 5.92 Å². The van der Waals surface area contributed by atoms with Crippen LogP contribution in [0.25, 0.3) is 0 Å². The Morgan fingerprint density at radius 1 is 1.38 bits per heavy atom. The van der Waals surface area contributed by atoms with Gasteiger partial charge in [0.25, 0.3) is 5.56 Å². The number of aromatic amines is 1. The monoisotopic (exact) mass is 298 g/mol. The van der Waals surface area contributed by atoms with Gasteiger partial charge >= 0.3 is 6.18 Å². The number of anilines is 1. The molecule has 112 valence electrons. The molecule has 0 bridgehead atoms. The van der Waals surface area contributed by atoms with Crippen molar-refractivity contribution < 1.29 is 13.2 Å². The molecule has 21 heavy (non-hydrogen) atoms. The average molecular weight is 298 g/mol. The number of fused-ring (bicyclic) bond motifs is 1. The molecule has 2 aliphatic heterocycles. The molecule has 1 aromatic rings. The summed E-state index contributed by atoms with van der Waals surface area (Å²) in [6.07, 6.45) is -1.76. The van der Waals surface area contributed by atoms with Gasteiger partial charge in [-0.3, -0.25) is 4.79 Å². The van der Waals surface area contributed by atoms with Crippen LogP contribution in [0.1, 0.15) is 18.4 Å². The summed E-state index contributed by atoms with van der Waals surface area (Å²) in [7, 11) is 5.91. The third-order valence-corrected chi connectivity index (χ3v) is 4.28. The molecule has 1 aromatic heterocycles. The molecule has 0 spiro atoms. The molecule has 9 heteroatoms. The number of H-pyrrole nitrogens is 1. The third kappa shape index (κ3) is 2.54. The van der Waals surface area contributed by atoms with Gasteiger partial charge in [-0.15, -0.1) is 0 Å². The highest BCUT2D eigenvalue weighted by atomic mass is 19.4. The molecule has 5 nitrogen and oxygen atoms in total. The maximum absolute atomic E-state index is 13.1. The van der Waals surface area contributed by atoms with Crippen molar-refractivity contribution in [3.05, 3.63) is 22.1 Å². The van der Waals surface area contributed by atoms with E-state index in [9.17, 15) is 18.0 Å².